The molecule has 2 atom stereocenters. The Bertz CT molecular complexity index is 410. The average Bonchev–Trinajstić information content (AvgIpc) is 2.42. The van der Waals surface area contributed by atoms with Gasteiger partial charge in [-0.15, -0.1) is 0 Å². The first-order valence-corrected chi connectivity index (χ1v) is 8.02. The molecule has 0 amide bonds. The molecule has 0 saturated heterocycles. The molecule has 0 heterocycles. The van der Waals surface area contributed by atoms with Crippen molar-refractivity contribution in [2.24, 2.45) is 5.41 Å². The summed E-state index contributed by atoms with van der Waals surface area (Å²) in [5, 5.41) is 3.84. The number of benzene rings is 1. The molecule has 1 aliphatic rings. The molecule has 1 aromatic rings. The summed E-state index contributed by atoms with van der Waals surface area (Å²) in [6, 6.07) is 9.52. The lowest BCUT2D eigenvalue weighted by Gasteiger charge is -2.40. The lowest BCUT2D eigenvalue weighted by atomic mass is 9.73. The first-order chi connectivity index (χ1) is 9.53. The van der Waals surface area contributed by atoms with Gasteiger partial charge in [0.25, 0.3) is 0 Å². The van der Waals surface area contributed by atoms with E-state index < -0.39 is 0 Å². The molecule has 0 bridgehead atoms. The number of rotatable bonds is 5. The smallest absolute Gasteiger partial charge is 0.119 e. The summed E-state index contributed by atoms with van der Waals surface area (Å²) in [5.41, 5.74) is 1.76. The molecule has 0 aliphatic heterocycles. The predicted molar refractivity (Wildman–Crippen MR) is 85.2 cm³/mol. The zero-order valence-corrected chi connectivity index (χ0v) is 13.4. The molecule has 2 heteroatoms. The number of nitrogens with one attached hydrogen (secondary N) is 1. The van der Waals surface area contributed by atoms with Crippen LogP contribution in [-0.4, -0.2) is 12.6 Å². The maximum absolute atomic E-state index is 5.50. The van der Waals surface area contributed by atoms with Gasteiger partial charge in [-0.25, -0.2) is 0 Å². The van der Waals surface area contributed by atoms with Gasteiger partial charge < -0.3 is 10.1 Å². The largest absolute Gasteiger partial charge is 0.494 e. The summed E-state index contributed by atoms with van der Waals surface area (Å²) >= 11 is 0. The fourth-order valence-corrected chi connectivity index (χ4v) is 3.22. The second-order valence-electron chi connectivity index (χ2n) is 6.68. The minimum absolute atomic E-state index is 0.396. The van der Waals surface area contributed by atoms with Crippen LogP contribution in [0.1, 0.15) is 65.0 Å². The first kappa shape index (κ1) is 15.4. The molecule has 1 saturated carbocycles. The van der Waals surface area contributed by atoms with Crippen LogP contribution in [0.15, 0.2) is 24.3 Å². The van der Waals surface area contributed by atoms with Crippen LogP contribution in [0.2, 0.25) is 0 Å². The highest BCUT2D eigenvalue weighted by Crippen LogP contribution is 2.36. The van der Waals surface area contributed by atoms with Crippen LogP contribution in [0, 0.1) is 5.41 Å². The summed E-state index contributed by atoms with van der Waals surface area (Å²) in [4.78, 5) is 0. The van der Waals surface area contributed by atoms with Crippen molar-refractivity contribution in [3.8, 4) is 5.75 Å². The summed E-state index contributed by atoms with van der Waals surface area (Å²) in [6.07, 6.45) is 5.37. The number of hydrogen-bond donors (Lipinski definition) is 1. The van der Waals surface area contributed by atoms with Crippen molar-refractivity contribution in [1.29, 1.82) is 0 Å². The van der Waals surface area contributed by atoms with Gasteiger partial charge in [-0.3, -0.25) is 0 Å². The third-order valence-corrected chi connectivity index (χ3v) is 4.65. The molecule has 20 heavy (non-hydrogen) atoms. The van der Waals surface area contributed by atoms with E-state index in [0.29, 0.717) is 17.5 Å². The molecule has 1 aromatic carbocycles. The quantitative estimate of drug-likeness (QED) is 0.840. The SMILES string of the molecule is CCOc1ccc(C(C)NC2CCCCC2(C)C)cc1. The van der Waals surface area contributed by atoms with Gasteiger partial charge in [-0.2, -0.15) is 0 Å². The van der Waals surface area contributed by atoms with E-state index in [1.165, 1.54) is 31.2 Å². The number of hydrogen-bond acceptors (Lipinski definition) is 2. The fraction of sp³-hybridized carbons (Fsp3) is 0.667. The third-order valence-electron chi connectivity index (χ3n) is 4.65. The van der Waals surface area contributed by atoms with Crippen LogP contribution in [0.25, 0.3) is 0 Å². The standard InChI is InChI=1S/C18H29NO/c1-5-20-16-11-9-15(10-12-16)14(2)19-17-8-6-7-13-18(17,3)4/h9-12,14,17,19H,5-8,13H2,1-4H3. The van der Waals surface area contributed by atoms with Gasteiger partial charge in [0.2, 0.25) is 0 Å². The van der Waals surface area contributed by atoms with E-state index in [0.717, 1.165) is 12.4 Å². The van der Waals surface area contributed by atoms with Gasteiger partial charge in [0.15, 0.2) is 0 Å². The van der Waals surface area contributed by atoms with Crippen LogP contribution < -0.4 is 10.1 Å². The first-order valence-electron chi connectivity index (χ1n) is 8.02. The molecule has 0 aromatic heterocycles. The number of ether oxygens (including phenoxy) is 1. The molecular formula is C18H29NO. The second-order valence-corrected chi connectivity index (χ2v) is 6.68. The van der Waals surface area contributed by atoms with E-state index >= 15 is 0 Å². The molecule has 0 radical (unpaired) electrons. The lowest BCUT2D eigenvalue weighted by Crippen LogP contribution is -2.45. The van der Waals surface area contributed by atoms with Crippen molar-refractivity contribution in [2.75, 3.05) is 6.61 Å². The molecule has 1 fully saturated rings. The van der Waals surface area contributed by atoms with E-state index in [-0.39, 0.29) is 0 Å². The minimum atomic E-state index is 0.396. The van der Waals surface area contributed by atoms with Crippen LogP contribution in [0.3, 0.4) is 0 Å². The maximum Gasteiger partial charge on any atom is 0.119 e. The highest BCUT2D eigenvalue weighted by molar-refractivity contribution is 5.29. The summed E-state index contributed by atoms with van der Waals surface area (Å²) in [7, 11) is 0. The Balaban J connectivity index is 1.98. The van der Waals surface area contributed by atoms with E-state index in [4.69, 9.17) is 4.74 Å². The molecule has 2 nitrogen and oxygen atoms in total. The van der Waals surface area contributed by atoms with Gasteiger partial charge in [-0.1, -0.05) is 38.8 Å². The molecular weight excluding hydrogens is 246 g/mol. The topological polar surface area (TPSA) is 21.3 Å². The predicted octanol–water partition coefficient (Wildman–Crippen LogP) is 4.70. The van der Waals surface area contributed by atoms with Crippen LogP contribution in [0.5, 0.6) is 5.75 Å². The maximum atomic E-state index is 5.50. The Labute approximate surface area is 123 Å². The van der Waals surface area contributed by atoms with E-state index in [1.54, 1.807) is 0 Å². The molecule has 2 rings (SSSR count). The van der Waals surface area contributed by atoms with E-state index in [1.807, 2.05) is 6.92 Å². The van der Waals surface area contributed by atoms with Crippen molar-refractivity contribution < 1.29 is 4.74 Å². The van der Waals surface area contributed by atoms with Crippen molar-refractivity contribution in [3.05, 3.63) is 29.8 Å². The zero-order valence-electron chi connectivity index (χ0n) is 13.4. The van der Waals surface area contributed by atoms with E-state index in [2.05, 4.69) is 50.4 Å². The normalized spacial score (nSPS) is 23.3. The van der Waals surface area contributed by atoms with Crippen molar-refractivity contribution in [1.82, 2.24) is 5.32 Å². The highest BCUT2D eigenvalue weighted by Gasteiger charge is 2.32. The highest BCUT2D eigenvalue weighted by atomic mass is 16.5. The second kappa shape index (κ2) is 6.62. The summed E-state index contributed by atoms with van der Waals surface area (Å²) in [5.74, 6) is 0.960. The average molecular weight is 275 g/mol. The molecule has 1 aliphatic carbocycles. The zero-order chi connectivity index (χ0) is 14.6. The van der Waals surface area contributed by atoms with Gasteiger partial charge >= 0.3 is 0 Å². The van der Waals surface area contributed by atoms with Crippen molar-refractivity contribution in [2.45, 2.75) is 65.5 Å². The Kier molecular flexibility index (Phi) is 5.09. The Morgan fingerprint density at radius 1 is 1.25 bits per heavy atom. The Morgan fingerprint density at radius 2 is 1.95 bits per heavy atom. The van der Waals surface area contributed by atoms with Crippen molar-refractivity contribution in [3.63, 3.8) is 0 Å². The van der Waals surface area contributed by atoms with Gasteiger partial charge in [0.1, 0.15) is 5.75 Å². The molecule has 2 unspecified atom stereocenters. The summed E-state index contributed by atoms with van der Waals surface area (Å²) in [6.45, 7) is 9.80. The third kappa shape index (κ3) is 3.76. The van der Waals surface area contributed by atoms with E-state index in [9.17, 15) is 0 Å². The van der Waals surface area contributed by atoms with Crippen LogP contribution in [0.4, 0.5) is 0 Å². The fourth-order valence-electron chi connectivity index (χ4n) is 3.22. The molecule has 112 valence electrons. The van der Waals surface area contributed by atoms with Gasteiger partial charge in [0, 0.05) is 12.1 Å². The molecule has 0 spiro atoms. The van der Waals surface area contributed by atoms with Crippen LogP contribution >= 0.6 is 0 Å². The molecule has 1 N–H and O–H groups in total. The lowest BCUT2D eigenvalue weighted by molar-refractivity contribution is 0.157. The minimum Gasteiger partial charge on any atom is -0.494 e. The Hall–Kier alpha value is -1.02. The summed E-state index contributed by atoms with van der Waals surface area (Å²) < 4.78 is 5.50. The Morgan fingerprint density at radius 3 is 2.55 bits per heavy atom. The van der Waals surface area contributed by atoms with Gasteiger partial charge in [-0.05, 0) is 49.8 Å². The van der Waals surface area contributed by atoms with Gasteiger partial charge in [0.05, 0.1) is 6.61 Å². The monoisotopic (exact) mass is 275 g/mol. The van der Waals surface area contributed by atoms with Crippen molar-refractivity contribution >= 4 is 0 Å². The van der Waals surface area contributed by atoms with Crippen LogP contribution in [-0.2, 0) is 0 Å².